The molecule has 0 saturated heterocycles. The molecule has 0 unspecified atom stereocenters. The maximum Gasteiger partial charge on any atom is 1.00 e. The van der Waals surface area contributed by atoms with Crippen molar-refractivity contribution in [1.82, 2.24) is 0 Å². The van der Waals surface area contributed by atoms with Crippen LogP contribution in [0.25, 0.3) is 0 Å². The lowest BCUT2D eigenvalue weighted by molar-refractivity contribution is 0.343. The topological polar surface area (TPSA) is 20.2 Å². The summed E-state index contributed by atoms with van der Waals surface area (Å²) in [5, 5.41) is 7.76. The van der Waals surface area contributed by atoms with Gasteiger partial charge in [-0.3, -0.25) is 0 Å². The highest BCUT2D eigenvalue weighted by Gasteiger charge is 2.20. The molecule has 0 heterocycles. The summed E-state index contributed by atoms with van der Waals surface area (Å²) in [6, 6.07) is 0. The second kappa shape index (κ2) is 5.62. The molecule has 0 amide bonds. The van der Waals surface area contributed by atoms with Gasteiger partial charge in [0.05, 0.1) is 6.61 Å². The maximum atomic E-state index is 9.75. The first kappa shape index (κ1) is 11.3. The Balaban J connectivity index is -0.0000000910. The standard InChI is InChI=1S/C3H6O.BF4/c1-2-3-4;2-1(3,4)5/h2,4H,1,3H2;/q;-1/p+1. The van der Waals surface area contributed by atoms with Crippen molar-refractivity contribution >= 4 is 7.25 Å². The van der Waals surface area contributed by atoms with Crippen LogP contribution in [0.1, 0.15) is 1.43 Å². The van der Waals surface area contributed by atoms with E-state index < -0.39 is 7.25 Å². The average Bonchev–Trinajstić information content (AvgIpc) is 1.61. The zero-order valence-electron chi connectivity index (χ0n) is 5.53. The summed E-state index contributed by atoms with van der Waals surface area (Å²) in [6.45, 7) is 3.31. The molecule has 0 fully saturated rings. The highest BCUT2D eigenvalue weighted by molar-refractivity contribution is 6.50. The smallest absolute Gasteiger partial charge is 0.418 e. The molecular weight excluding hydrogens is 139 g/mol. The van der Waals surface area contributed by atoms with Gasteiger partial charge in [-0.1, -0.05) is 6.08 Å². The molecule has 0 aromatic carbocycles. The molecule has 0 rings (SSSR count). The summed E-state index contributed by atoms with van der Waals surface area (Å²) in [5.41, 5.74) is 0. The molecule has 1 nitrogen and oxygen atoms in total. The Morgan fingerprint density at radius 2 is 1.56 bits per heavy atom. The third kappa shape index (κ3) is 958. The van der Waals surface area contributed by atoms with E-state index in [9.17, 15) is 17.3 Å². The molecule has 0 spiro atoms. The first-order valence-corrected chi connectivity index (χ1v) is 2.01. The van der Waals surface area contributed by atoms with Gasteiger partial charge in [0.25, 0.3) is 0 Å². The Bertz CT molecular complexity index is 69.4. The third-order valence-electron chi connectivity index (χ3n) is 0.129. The van der Waals surface area contributed by atoms with Gasteiger partial charge in [0.1, 0.15) is 0 Å². The Labute approximate surface area is 51.6 Å². The number of rotatable bonds is 1. The predicted octanol–water partition coefficient (Wildman–Crippen LogP) is 1.58. The molecule has 6 heteroatoms. The summed E-state index contributed by atoms with van der Waals surface area (Å²) in [4.78, 5) is 0. The van der Waals surface area contributed by atoms with E-state index in [0.29, 0.717) is 0 Å². The van der Waals surface area contributed by atoms with Gasteiger partial charge >= 0.3 is 8.68 Å². The minimum absolute atomic E-state index is 0. The number of hydrogen-bond donors (Lipinski definition) is 1. The van der Waals surface area contributed by atoms with Crippen molar-refractivity contribution in [3.63, 3.8) is 0 Å². The molecule has 9 heavy (non-hydrogen) atoms. The van der Waals surface area contributed by atoms with Gasteiger partial charge in [-0.25, -0.2) is 0 Å². The molecule has 0 aliphatic carbocycles. The monoisotopic (exact) mass is 146 g/mol. The SMILES string of the molecule is C=CCO.F[B-](F)(F)F.[H+]. The molecular formula is C3H7BF4O. The molecule has 0 aromatic rings. The molecule has 56 valence electrons. The lowest BCUT2D eigenvalue weighted by atomic mass is 10.3. The van der Waals surface area contributed by atoms with Gasteiger partial charge < -0.3 is 22.4 Å². The van der Waals surface area contributed by atoms with Crippen LogP contribution in [0.4, 0.5) is 17.3 Å². The second-order valence-corrected chi connectivity index (χ2v) is 0.966. The van der Waals surface area contributed by atoms with Gasteiger partial charge in [0.15, 0.2) is 0 Å². The summed E-state index contributed by atoms with van der Waals surface area (Å²) in [5.74, 6) is 0. The van der Waals surface area contributed by atoms with E-state index in [1.54, 1.807) is 0 Å². The minimum Gasteiger partial charge on any atom is -0.418 e. The number of aliphatic hydroxyl groups is 1. The fourth-order valence-corrected chi connectivity index (χ4v) is 0. The lowest BCUT2D eigenvalue weighted by Gasteiger charge is -1.94. The Hall–Kier alpha value is -0.515. The predicted molar refractivity (Wildman–Crippen MR) is 28.6 cm³/mol. The van der Waals surface area contributed by atoms with E-state index in [4.69, 9.17) is 5.11 Å². The van der Waals surface area contributed by atoms with E-state index in [-0.39, 0.29) is 8.03 Å². The summed E-state index contributed by atoms with van der Waals surface area (Å²) in [7, 11) is -6.00. The van der Waals surface area contributed by atoms with Crippen LogP contribution in [0.3, 0.4) is 0 Å². The van der Waals surface area contributed by atoms with E-state index >= 15 is 0 Å². The number of halogens is 4. The van der Waals surface area contributed by atoms with Crippen molar-refractivity contribution in [1.29, 1.82) is 0 Å². The van der Waals surface area contributed by atoms with Gasteiger partial charge in [0.2, 0.25) is 0 Å². The summed E-state index contributed by atoms with van der Waals surface area (Å²) < 4.78 is 39.0. The molecule has 0 bridgehead atoms. The van der Waals surface area contributed by atoms with Gasteiger partial charge in [-0.15, -0.1) is 6.58 Å². The Kier molecular flexibility index (Phi) is 7.06. The van der Waals surface area contributed by atoms with Crippen molar-refractivity contribution in [2.24, 2.45) is 0 Å². The van der Waals surface area contributed by atoms with Crippen LogP contribution in [-0.2, 0) is 0 Å². The molecule has 0 aliphatic rings. The molecule has 0 radical (unpaired) electrons. The maximum absolute atomic E-state index is 9.75. The third-order valence-corrected chi connectivity index (χ3v) is 0.129. The van der Waals surface area contributed by atoms with E-state index in [2.05, 4.69) is 6.58 Å². The zero-order valence-corrected chi connectivity index (χ0v) is 4.53. The highest BCUT2D eigenvalue weighted by atomic mass is 19.5. The molecule has 1 N–H and O–H groups in total. The quantitative estimate of drug-likeness (QED) is 0.338. The second-order valence-electron chi connectivity index (χ2n) is 0.966. The van der Waals surface area contributed by atoms with Crippen LogP contribution in [0, 0.1) is 0 Å². The van der Waals surface area contributed by atoms with Gasteiger partial charge in [0, 0.05) is 0 Å². The minimum atomic E-state index is -6.00. The van der Waals surface area contributed by atoms with Crippen molar-refractivity contribution < 1.29 is 23.8 Å². The van der Waals surface area contributed by atoms with Crippen molar-refractivity contribution in [3.8, 4) is 0 Å². The lowest BCUT2D eigenvalue weighted by Crippen LogP contribution is -2.02. The zero-order chi connectivity index (χ0) is 7.91. The van der Waals surface area contributed by atoms with Crippen LogP contribution in [-0.4, -0.2) is 19.0 Å². The Morgan fingerprint density at radius 1 is 1.44 bits per heavy atom. The van der Waals surface area contributed by atoms with Crippen LogP contribution in [0.5, 0.6) is 0 Å². The van der Waals surface area contributed by atoms with Crippen LogP contribution in [0.2, 0.25) is 0 Å². The van der Waals surface area contributed by atoms with Gasteiger partial charge in [-0.2, -0.15) is 0 Å². The molecule has 0 saturated carbocycles. The van der Waals surface area contributed by atoms with Crippen LogP contribution >= 0.6 is 0 Å². The largest absolute Gasteiger partial charge is 1.00 e. The van der Waals surface area contributed by atoms with E-state index in [0.717, 1.165) is 0 Å². The fraction of sp³-hybridized carbons (Fsp3) is 0.333. The first-order valence-electron chi connectivity index (χ1n) is 2.01. The fourth-order valence-electron chi connectivity index (χ4n) is 0. The average molecular weight is 146 g/mol. The molecule has 0 aliphatic heterocycles. The van der Waals surface area contributed by atoms with Gasteiger partial charge in [-0.05, 0) is 0 Å². The van der Waals surface area contributed by atoms with Crippen molar-refractivity contribution in [2.45, 2.75) is 0 Å². The normalized spacial score (nSPS) is 9.44. The van der Waals surface area contributed by atoms with Crippen molar-refractivity contribution in [2.75, 3.05) is 6.61 Å². The highest BCUT2D eigenvalue weighted by Crippen LogP contribution is 2.06. The summed E-state index contributed by atoms with van der Waals surface area (Å²) in [6.07, 6.45) is 1.43. The number of hydrogen-bond acceptors (Lipinski definition) is 1. The van der Waals surface area contributed by atoms with Crippen molar-refractivity contribution in [3.05, 3.63) is 12.7 Å². The van der Waals surface area contributed by atoms with Crippen LogP contribution in [0.15, 0.2) is 12.7 Å². The molecule has 0 aromatic heterocycles. The first-order chi connectivity index (χ1) is 3.91. The number of aliphatic hydroxyl groups excluding tert-OH is 1. The Morgan fingerprint density at radius 3 is 1.56 bits per heavy atom. The van der Waals surface area contributed by atoms with E-state index in [1.807, 2.05) is 0 Å². The van der Waals surface area contributed by atoms with Crippen LogP contribution < -0.4 is 0 Å². The molecule has 0 atom stereocenters. The summed E-state index contributed by atoms with van der Waals surface area (Å²) >= 11 is 0. The van der Waals surface area contributed by atoms with E-state index in [1.165, 1.54) is 6.08 Å².